The zero-order chi connectivity index (χ0) is 66.0. The van der Waals surface area contributed by atoms with Crippen molar-refractivity contribution < 1.29 is 0 Å². The maximum atomic E-state index is 2.94. The standard InChI is InChI=1S/C94H80BN3/c1-93(2,3)75-43-37-64(38-44-75)70-41-47-85-83(57-70)95-84-58-71(65-39-45-76(46-40-65)94(4,5)6)42-48-86(84)98(92-81(68-33-21-11-22-34-68)55-73(63-27-15-8-16-28-63)56-82(92)69-35-23-12-24-36-69)89-60-78(96-77-50-61-49-74(52-77)87(96)51-61)59-88(90(89)95)97(85)91-79(66-29-17-9-18-30-66)53-72(62-25-13-7-14-26-62)54-80(91)67-31-19-10-20-32-67/h7-48,53-61,74,77,87H,49-52H2,1-6H3. The van der Waals surface area contributed by atoms with Crippen LogP contribution in [0.2, 0.25) is 0 Å². The predicted octanol–water partition coefficient (Wildman–Crippen LogP) is 23.1. The molecule has 0 amide bonds. The van der Waals surface area contributed by atoms with Gasteiger partial charge < -0.3 is 14.7 Å². The molecule has 4 aliphatic heterocycles. The van der Waals surface area contributed by atoms with Crippen LogP contribution in [0.25, 0.3) is 89.0 Å². The summed E-state index contributed by atoms with van der Waals surface area (Å²) in [5.41, 5.74) is 33.9. The lowest BCUT2D eigenvalue weighted by Gasteiger charge is -2.47. The van der Waals surface area contributed by atoms with Gasteiger partial charge >= 0.3 is 0 Å². The zero-order valence-corrected chi connectivity index (χ0v) is 56.9. The monoisotopic (exact) mass is 1260 g/mol. The van der Waals surface area contributed by atoms with E-state index in [0.717, 1.165) is 5.92 Å². The van der Waals surface area contributed by atoms with Gasteiger partial charge in [-0.1, -0.05) is 296 Å². The summed E-state index contributed by atoms with van der Waals surface area (Å²) < 4.78 is 0. The van der Waals surface area contributed by atoms with Gasteiger partial charge in [-0.2, -0.15) is 0 Å². The van der Waals surface area contributed by atoms with Gasteiger partial charge in [0, 0.05) is 62.8 Å². The molecule has 4 fully saturated rings. The largest absolute Gasteiger partial charge is 0.365 e. The Kier molecular flexibility index (Phi) is 14.4. The van der Waals surface area contributed by atoms with Crippen molar-refractivity contribution in [2.24, 2.45) is 11.8 Å². The Morgan fingerprint density at radius 3 is 0.980 bits per heavy atom. The molecule has 98 heavy (non-hydrogen) atoms. The highest BCUT2D eigenvalue weighted by molar-refractivity contribution is 7.00. The molecule has 3 nitrogen and oxygen atoms in total. The number of piperidine rings is 1. The van der Waals surface area contributed by atoms with E-state index in [0.29, 0.717) is 18.0 Å². The summed E-state index contributed by atoms with van der Waals surface area (Å²) >= 11 is 0. The highest BCUT2D eigenvalue weighted by Crippen LogP contribution is 2.59. The van der Waals surface area contributed by atoms with E-state index in [4.69, 9.17) is 0 Å². The lowest BCUT2D eigenvalue weighted by molar-refractivity contribution is 0.340. The molecule has 0 radical (unpaired) electrons. The molecule has 2 saturated heterocycles. The first kappa shape index (κ1) is 59.8. The molecule has 2 saturated carbocycles. The Bertz CT molecular complexity index is 4740. The lowest BCUT2D eigenvalue weighted by Crippen LogP contribution is -2.61. The summed E-state index contributed by atoms with van der Waals surface area (Å²) in [6.07, 6.45) is 5.09. The van der Waals surface area contributed by atoms with Gasteiger partial charge in [-0.05, 0) is 191 Å². The van der Waals surface area contributed by atoms with Crippen LogP contribution in [0.4, 0.5) is 39.8 Å². The molecule has 4 heterocycles. The van der Waals surface area contributed by atoms with Gasteiger partial charge in [-0.15, -0.1) is 0 Å². The number of hydrogen-bond acceptors (Lipinski definition) is 3. The summed E-state index contributed by atoms with van der Waals surface area (Å²) in [7, 11) is 0. The molecule has 6 aliphatic rings. The van der Waals surface area contributed by atoms with E-state index in [2.05, 4.69) is 360 Å². The quantitative estimate of drug-likeness (QED) is 0.120. The molecular formula is C94H80BN3. The van der Waals surface area contributed by atoms with Crippen LogP contribution in [-0.2, 0) is 10.8 Å². The molecule has 474 valence electrons. The average molecular weight is 1260 g/mol. The number of rotatable bonds is 11. The summed E-state index contributed by atoms with van der Waals surface area (Å²) in [4.78, 5) is 8.47. The van der Waals surface area contributed by atoms with E-state index in [1.54, 1.807) is 0 Å². The van der Waals surface area contributed by atoms with Crippen LogP contribution in [-0.4, -0.2) is 18.8 Å². The number of fused-ring (bicyclic) bond motifs is 4. The van der Waals surface area contributed by atoms with Crippen LogP contribution >= 0.6 is 0 Å². The normalized spacial score (nSPS) is 17.2. The summed E-state index contributed by atoms with van der Waals surface area (Å²) in [6, 6.07) is 117. The third-order valence-electron chi connectivity index (χ3n) is 22.4. The Morgan fingerprint density at radius 1 is 0.296 bits per heavy atom. The van der Waals surface area contributed by atoms with Gasteiger partial charge in [0.2, 0.25) is 0 Å². The first-order valence-corrected chi connectivity index (χ1v) is 35.6. The minimum Gasteiger partial charge on any atom is -0.365 e. The maximum absolute atomic E-state index is 2.94. The smallest absolute Gasteiger partial charge is 0.252 e. The molecule has 4 atom stereocenters. The molecule has 4 bridgehead atoms. The van der Waals surface area contributed by atoms with Crippen LogP contribution < -0.4 is 31.1 Å². The van der Waals surface area contributed by atoms with Crippen molar-refractivity contribution in [3.8, 4) is 89.0 Å². The van der Waals surface area contributed by atoms with Gasteiger partial charge in [-0.3, -0.25) is 0 Å². The second-order valence-electron chi connectivity index (χ2n) is 30.4. The van der Waals surface area contributed by atoms with E-state index in [1.807, 2.05) is 0 Å². The topological polar surface area (TPSA) is 9.72 Å². The highest BCUT2D eigenvalue weighted by Gasteiger charge is 2.54. The van der Waals surface area contributed by atoms with Gasteiger partial charge in [-0.25, -0.2) is 0 Å². The van der Waals surface area contributed by atoms with Crippen molar-refractivity contribution in [1.82, 2.24) is 0 Å². The van der Waals surface area contributed by atoms with Crippen molar-refractivity contribution in [3.05, 3.63) is 314 Å². The second-order valence-corrected chi connectivity index (χ2v) is 30.4. The fourth-order valence-electron chi connectivity index (χ4n) is 17.7. The van der Waals surface area contributed by atoms with Crippen molar-refractivity contribution in [3.63, 3.8) is 0 Å². The van der Waals surface area contributed by atoms with E-state index in [1.165, 1.54) is 182 Å². The van der Waals surface area contributed by atoms with Crippen LogP contribution in [0.1, 0.15) is 78.4 Å². The average Bonchev–Trinajstić information content (AvgIpc) is 0.774. The molecule has 0 aromatic heterocycles. The minimum atomic E-state index is -0.201. The maximum Gasteiger partial charge on any atom is 0.252 e. The molecule has 0 N–H and O–H groups in total. The molecule has 4 heteroatoms. The first-order chi connectivity index (χ1) is 47.8. The molecule has 0 spiro atoms. The van der Waals surface area contributed by atoms with Crippen molar-refractivity contribution >= 4 is 62.9 Å². The molecule has 13 aromatic carbocycles. The van der Waals surface area contributed by atoms with Crippen LogP contribution in [0.15, 0.2) is 303 Å². The molecule has 19 rings (SSSR count). The highest BCUT2D eigenvalue weighted by atomic mass is 15.3. The predicted molar refractivity (Wildman–Crippen MR) is 417 cm³/mol. The Balaban J connectivity index is 1.01. The van der Waals surface area contributed by atoms with Crippen LogP contribution in [0.5, 0.6) is 0 Å². The van der Waals surface area contributed by atoms with Crippen LogP contribution in [0.3, 0.4) is 0 Å². The molecule has 2 aliphatic carbocycles. The van der Waals surface area contributed by atoms with E-state index < -0.39 is 0 Å². The Hall–Kier alpha value is -10.7. The Labute approximate surface area is 579 Å². The number of benzene rings is 13. The second kappa shape index (κ2) is 23.6. The van der Waals surface area contributed by atoms with Gasteiger partial charge in [0.25, 0.3) is 6.71 Å². The fraction of sp³-hybridized carbons (Fsp3) is 0.170. The van der Waals surface area contributed by atoms with Gasteiger partial charge in [0.15, 0.2) is 0 Å². The van der Waals surface area contributed by atoms with Gasteiger partial charge in [0.05, 0.1) is 11.4 Å². The van der Waals surface area contributed by atoms with E-state index in [9.17, 15) is 0 Å². The summed E-state index contributed by atoms with van der Waals surface area (Å²) in [6.45, 7) is 13.7. The number of anilines is 7. The van der Waals surface area contributed by atoms with Crippen molar-refractivity contribution in [2.75, 3.05) is 14.7 Å². The minimum absolute atomic E-state index is 0.00991. The summed E-state index contributed by atoms with van der Waals surface area (Å²) in [5, 5.41) is 0. The SMILES string of the molecule is CC(C)(C)c1ccc(-c2ccc3c(c2)B2c4cc(-c5ccc(C(C)(C)C)cc5)ccc4N(c4c(-c5ccccc5)cc(-c5ccccc5)cc4-c4ccccc4)c4cc(N5C6CC7CC(C6)C5C7)cc(c42)N3c2c(-c3ccccc3)cc(-c3ccccc3)cc2-c2ccccc2)cc1. The number of hydrogen-bond donors (Lipinski definition) is 0. The van der Waals surface area contributed by atoms with E-state index in [-0.39, 0.29) is 17.5 Å². The van der Waals surface area contributed by atoms with Crippen LogP contribution in [0, 0.1) is 11.8 Å². The Morgan fingerprint density at radius 2 is 0.633 bits per heavy atom. The van der Waals surface area contributed by atoms with Crippen molar-refractivity contribution in [2.45, 2.75) is 90.1 Å². The summed E-state index contributed by atoms with van der Waals surface area (Å²) in [5.74, 6) is 1.49. The molecule has 4 unspecified atom stereocenters. The number of nitrogens with zero attached hydrogens (tertiary/aromatic N) is 3. The third-order valence-corrected chi connectivity index (χ3v) is 22.4. The molecular weight excluding hydrogens is 1180 g/mol. The van der Waals surface area contributed by atoms with E-state index >= 15 is 0 Å². The molecule has 13 aromatic rings. The zero-order valence-electron chi connectivity index (χ0n) is 56.9. The third kappa shape index (κ3) is 10.2. The first-order valence-electron chi connectivity index (χ1n) is 35.6. The fourth-order valence-corrected chi connectivity index (χ4v) is 17.7. The van der Waals surface area contributed by atoms with Gasteiger partial charge in [0.1, 0.15) is 0 Å². The van der Waals surface area contributed by atoms with Crippen molar-refractivity contribution in [1.29, 1.82) is 0 Å². The lowest BCUT2D eigenvalue weighted by atomic mass is 9.33.